The van der Waals surface area contributed by atoms with Crippen molar-refractivity contribution in [3.8, 4) is 0 Å². The molecule has 1 aliphatic heterocycles. The molecule has 1 heterocycles. The quantitative estimate of drug-likeness (QED) is 0.819. The van der Waals surface area contributed by atoms with Gasteiger partial charge >= 0.3 is 0 Å². The zero-order chi connectivity index (χ0) is 15.5. The van der Waals surface area contributed by atoms with E-state index in [9.17, 15) is 0 Å². The molecule has 2 aliphatic rings. The predicted octanol–water partition coefficient (Wildman–Crippen LogP) is 4.16. The highest BCUT2D eigenvalue weighted by atomic mass is 15.2. The van der Waals surface area contributed by atoms with Crippen LogP contribution in [-0.2, 0) is 0 Å². The smallest absolute Gasteiger partial charge is 0.00387 e. The Morgan fingerprint density at radius 3 is 2.10 bits per heavy atom. The molecule has 1 saturated heterocycles. The number of nitrogens with one attached hydrogen (secondary N) is 1. The molecule has 0 spiro atoms. The van der Waals surface area contributed by atoms with Crippen LogP contribution in [0.1, 0.15) is 66.7 Å². The van der Waals surface area contributed by atoms with Crippen LogP contribution < -0.4 is 5.32 Å². The molecule has 2 rings (SSSR count). The second-order valence-electron chi connectivity index (χ2n) is 8.99. The van der Waals surface area contributed by atoms with Crippen LogP contribution in [0.25, 0.3) is 0 Å². The van der Waals surface area contributed by atoms with Crippen molar-refractivity contribution in [3.63, 3.8) is 0 Å². The van der Waals surface area contributed by atoms with Gasteiger partial charge in [0, 0.05) is 12.6 Å². The van der Waals surface area contributed by atoms with Crippen LogP contribution >= 0.6 is 0 Å². The lowest BCUT2D eigenvalue weighted by Gasteiger charge is -2.37. The molecule has 0 amide bonds. The van der Waals surface area contributed by atoms with Gasteiger partial charge in [-0.05, 0) is 88.8 Å². The summed E-state index contributed by atoms with van der Waals surface area (Å²) in [6.07, 6.45) is 7.16. The van der Waals surface area contributed by atoms with Crippen molar-refractivity contribution in [2.75, 3.05) is 26.2 Å². The summed E-state index contributed by atoms with van der Waals surface area (Å²) in [5.74, 6) is 2.77. The minimum absolute atomic E-state index is 0.516. The Labute approximate surface area is 133 Å². The molecule has 1 saturated carbocycles. The number of rotatable bonds is 5. The van der Waals surface area contributed by atoms with Gasteiger partial charge in [0.15, 0.2) is 0 Å². The molecule has 2 nitrogen and oxygen atoms in total. The molecule has 0 aromatic carbocycles. The molecule has 2 heteroatoms. The predicted molar refractivity (Wildman–Crippen MR) is 92.6 cm³/mol. The van der Waals surface area contributed by atoms with Gasteiger partial charge in [0.05, 0.1) is 0 Å². The summed E-state index contributed by atoms with van der Waals surface area (Å²) < 4.78 is 0. The molecule has 21 heavy (non-hydrogen) atoms. The standard InChI is InChI=1S/C19H38N2/c1-15(2)21-11-10-17(14-21)13-20-12-16-6-8-18(9-7-16)19(3,4)5/h15-18,20H,6-14H2,1-5H3. The minimum Gasteiger partial charge on any atom is -0.316 e. The Balaban J connectivity index is 1.59. The first-order valence-corrected chi connectivity index (χ1v) is 9.31. The molecule has 1 N–H and O–H groups in total. The van der Waals surface area contributed by atoms with Crippen molar-refractivity contribution in [1.82, 2.24) is 10.2 Å². The Hall–Kier alpha value is -0.0800. The molecular weight excluding hydrogens is 256 g/mol. The fourth-order valence-corrected chi connectivity index (χ4v) is 4.22. The van der Waals surface area contributed by atoms with Crippen LogP contribution in [0, 0.1) is 23.2 Å². The molecular formula is C19H38N2. The van der Waals surface area contributed by atoms with Gasteiger partial charge in [-0.1, -0.05) is 20.8 Å². The van der Waals surface area contributed by atoms with Crippen molar-refractivity contribution in [3.05, 3.63) is 0 Å². The van der Waals surface area contributed by atoms with E-state index in [1.165, 1.54) is 58.3 Å². The summed E-state index contributed by atoms with van der Waals surface area (Å²) in [6, 6.07) is 0.725. The van der Waals surface area contributed by atoms with Gasteiger partial charge in [-0.15, -0.1) is 0 Å². The van der Waals surface area contributed by atoms with E-state index in [0.717, 1.165) is 23.8 Å². The van der Waals surface area contributed by atoms with Crippen LogP contribution in [0.2, 0.25) is 0 Å². The van der Waals surface area contributed by atoms with Crippen molar-refractivity contribution in [1.29, 1.82) is 0 Å². The zero-order valence-electron chi connectivity index (χ0n) is 15.1. The monoisotopic (exact) mass is 294 g/mol. The summed E-state index contributed by atoms with van der Waals surface area (Å²) in [5.41, 5.74) is 0.516. The normalized spacial score (nSPS) is 32.0. The summed E-state index contributed by atoms with van der Waals surface area (Å²) in [5, 5.41) is 3.78. The Morgan fingerprint density at radius 1 is 0.952 bits per heavy atom. The number of likely N-dealkylation sites (tertiary alicyclic amines) is 1. The second kappa shape index (κ2) is 7.46. The zero-order valence-corrected chi connectivity index (χ0v) is 15.1. The number of hydrogen-bond acceptors (Lipinski definition) is 2. The molecule has 1 aliphatic carbocycles. The van der Waals surface area contributed by atoms with Gasteiger partial charge in [0.2, 0.25) is 0 Å². The van der Waals surface area contributed by atoms with Gasteiger partial charge in [0.25, 0.3) is 0 Å². The Bertz CT molecular complexity index is 297. The molecule has 0 bridgehead atoms. The van der Waals surface area contributed by atoms with Crippen LogP contribution in [0.3, 0.4) is 0 Å². The third kappa shape index (κ3) is 5.25. The van der Waals surface area contributed by atoms with Crippen molar-refractivity contribution in [2.45, 2.75) is 72.8 Å². The topological polar surface area (TPSA) is 15.3 Å². The molecule has 2 fully saturated rings. The summed E-state index contributed by atoms with van der Waals surface area (Å²) in [7, 11) is 0. The van der Waals surface area contributed by atoms with E-state index >= 15 is 0 Å². The lowest BCUT2D eigenvalue weighted by molar-refractivity contribution is 0.148. The fraction of sp³-hybridized carbons (Fsp3) is 1.00. The first-order valence-electron chi connectivity index (χ1n) is 9.31. The number of hydrogen-bond donors (Lipinski definition) is 1. The molecule has 1 atom stereocenters. The van der Waals surface area contributed by atoms with Gasteiger partial charge in [-0.3, -0.25) is 0 Å². The summed E-state index contributed by atoms with van der Waals surface area (Å²) >= 11 is 0. The van der Waals surface area contributed by atoms with Crippen LogP contribution in [0.5, 0.6) is 0 Å². The highest BCUT2D eigenvalue weighted by Crippen LogP contribution is 2.39. The van der Waals surface area contributed by atoms with E-state index < -0.39 is 0 Å². The number of nitrogens with zero attached hydrogens (tertiary/aromatic N) is 1. The van der Waals surface area contributed by atoms with Gasteiger partial charge in [-0.25, -0.2) is 0 Å². The highest BCUT2D eigenvalue weighted by molar-refractivity contribution is 4.83. The highest BCUT2D eigenvalue weighted by Gasteiger charge is 2.29. The first-order chi connectivity index (χ1) is 9.86. The Kier molecular flexibility index (Phi) is 6.14. The van der Waals surface area contributed by atoms with Crippen LogP contribution in [-0.4, -0.2) is 37.1 Å². The van der Waals surface area contributed by atoms with Crippen molar-refractivity contribution >= 4 is 0 Å². The molecule has 124 valence electrons. The lowest BCUT2D eigenvalue weighted by atomic mass is 9.70. The van der Waals surface area contributed by atoms with Gasteiger partial charge in [-0.2, -0.15) is 0 Å². The summed E-state index contributed by atoms with van der Waals surface area (Å²) in [6.45, 7) is 17.0. The third-order valence-electron chi connectivity index (χ3n) is 5.99. The first kappa shape index (κ1) is 17.3. The van der Waals surface area contributed by atoms with Crippen molar-refractivity contribution in [2.24, 2.45) is 23.2 Å². The second-order valence-corrected chi connectivity index (χ2v) is 8.99. The van der Waals surface area contributed by atoms with Gasteiger partial charge in [0.1, 0.15) is 0 Å². The minimum atomic E-state index is 0.516. The SMILES string of the molecule is CC(C)N1CCC(CNCC2CCC(C(C)(C)C)CC2)C1. The average Bonchev–Trinajstić information content (AvgIpc) is 2.87. The van der Waals surface area contributed by atoms with Crippen LogP contribution in [0.4, 0.5) is 0 Å². The van der Waals surface area contributed by atoms with Gasteiger partial charge < -0.3 is 10.2 Å². The molecule has 0 radical (unpaired) electrons. The maximum Gasteiger partial charge on any atom is 0.00387 e. The largest absolute Gasteiger partial charge is 0.316 e. The maximum atomic E-state index is 3.78. The summed E-state index contributed by atoms with van der Waals surface area (Å²) in [4.78, 5) is 2.63. The van der Waals surface area contributed by atoms with Crippen LogP contribution in [0.15, 0.2) is 0 Å². The van der Waals surface area contributed by atoms with E-state index in [-0.39, 0.29) is 0 Å². The molecule has 0 aromatic rings. The maximum absolute atomic E-state index is 3.78. The van der Waals surface area contributed by atoms with E-state index in [1.807, 2.05) is 0 Å². The Morgan fingerprint density at radius 2 is 1.57 bits per heavy atom. The van der Waals surface area contributed by atoms with E-state index in [4.69, 9.17) is 0 Å². The lowest BCUT2D eigenvalue weighted by Crippen LogP contribution is -2.34. The van der Waals surface area contributed by atoms with E-state index in [1.54, 1.807) is 0 Å². The third-order valence-corrected chi connectivity index (χ3v) is 5.99. The average molecular weight is 295 g/mol. The molecule has 0 aromatic heterocycles. The van der Waals surface area contributed by atoms with E-state index in [2.05, 4.69) is 44.8 Å². The molecule has 1 unspecified atom stereocenters. The van der Waals surface area contributed by atoms with Crippen molar-refractivity contribution < 1.29 is 0 Å². The van der Waals surface area contributed by atoms with E-state index in [0.29, 0.717) is 5.41 Å². The fourth-order valence-electron chi connectivity index (χ4n) is 4.22.